The van der Waals surface area contributed by atoms with Crippen LogP contribution in [0.5, 0.6) is 0 Å². The molecule has 2 rings (SSSR count). The van der Waals surface area contributed by atoms with Crippen molar-refractivity contribution in [1.29, 1.82) is 0 Å². The predicted molar refractivity (Wildman–Crippen MR) is 77.0 cm³/mol. The highest BCUT2D eigenvalue weighted by molar-refractivity contribution is 6.02. The predicted octanol–water partition coefficient (Wildman–Crippen LogP) is 1.32. The van der Waals surface area contributed by atoms with Crippen molar-refractivity contribution in [2.45, 2.75) is 20.4 Å². The molecule has 2 heterocycles. The number of aromatic nitrogens is 4. The summed E-state index contributed by atoms with van der Waals surface area (Å²) in [7, 11) is 3.67. The van der Waals surface area contributed by atoms with Crippen molar-refractivity contribution in [3.05, 3.63) is 29.7 Å². The molecule has 0 unspecified atom stereocenters. The van der Waals surface area contributed by atoms with Gasteiger partial charge in [-0.15, -0.1) is 0 Å². The summed E-state index contributed by atoms with van der Waals surface area (Å²) >= 11 is 0. The molecule has 0 fully saturated rings. The van der Waals surface area contributed by atoms with Crippen LogP contribution in [0.4, 0.5) is 11.8 Å². The largest absolute Gasteiger partial charge is 0.347 e. The molecule has 1 N–H and O–H groups in total. The lowest BCUT2D eigenvalue weighted by atomic mass is 10.3. The Morgan fingerprint density at radius 3 is 2.75 bits per heavy atom. The Labute approximate surface area is 117 Å². The quantitative estimate of drug-likeness (QED) is 0.910. The average molecular weight is 274 g/mol. The minimum Gasteiger partial charge on any atom is -0.347 e. The third-order valence-electron chi connectivity index (χ3n) is 2.68. The smallest absolute Gasteiger partial charge is 0.275 e. The summed E-state index contributed by atoms with van der Waals surface area (Å²) in [5.41, 5.74) is 1.07. The van der Waals surface area contributed by atoms with Gasteiger partial charge in [0.2, 0.25) is 5.95 Å². The van der Waals surface area contributed by atoms with E-state index in [2.05, 4.69) is 20.4 Å². The number of amides is 1. The van der Waals surface area contributed by atoms with E-state index in [0.29, 0.717) is 17.5 Å². The van der Waals surface area contributed by atoms with Crippen LogP contribution in [0, 0.1) is 6.92 Å². The van der Waals surface area contributed by atoms with E-state index in [1.54, 1.807) is 21.7 Å². The molecule has 0 aromatic carbocycles. The summed E-state index contributed by atoms with van der Waals surface area (Å²) in [5.74, 6) is 0.730. The van der Waals surface area contributed by atoms with Crippen LogP contribution in [0.3, 0.4) is 0 Å². The maximum atomic E-state index is 12.2. The van der Waals surface area contributed by atoms with Crippen LogP contribution in [0.1, 0.15) is 23.1 Å². The molecule has 106 valence electrons. The maximum Gasteiger partial charge on any atom is 0.275 e. The molecule has 7 heteroatoms. The Morgan fingerprint density at radius 2 is 2.15 bits per heavy atom. The van der Waals surface area contributed by atoms with Gasteiger partial charge in [-0.3, -0.25) is 9.48 Å². The molecule has 0 radical (unpaired) electrons. The summed E-state index contributed by atoms with van der Waals surface area (Å²) in [6, 6.07) is 3.40. The summed E-state index contributed by atoms with van der Waals surface area (Å²) in [6.07, 6.45) is 1.81. The van der Waals surface area contributed by atoms with Crippen molar-refractivity contribution in [2.75, 3.05) is 24.3 Å². The lowest BCUT2D eigenvalue weighted by Gasteiger charge is -2.11. The highest BCUT2D eigenvalue weighted by Crippen LogP contribution is 2.10. The zero-order valence-corrected chi connectivity index (χ0v) is 12.1. The van der Waals surface area contributed by atoms with E-state index in [9.17, 15) is 4.79 Å². The van der Waals surface area contributed by atoms with Crippen LogP contribution in [-0.2, 0) is 6.54 Å². The average Bonchev–Trinajstić information content (AvgIpc) is 2.85. The first-order valence-electron chi connectivity index (χ1n) is 6.37. The van der Waals surface area contributed by atoms with Gasteiger partial charge in [0.1, 0.15) is 5.69 Å². The number of hydrogen-bond donors (Lipinski definition) is 1. The second-order valence-electron chi connectivity index (χ2n) is 4.60. The molecule has 0 aliphatic rings. The van der Waals surface area contributed by atoms with E-state index in [1.165, 1.54) is 0 Å². The number of nitrogens with one attached hydrogen (secondary N) is 1. The van der Waals surface area contributed by atoms with Gasteiger partial charge >= 0.3 is 0 Å². The molecule has 2 aromatic rings. The van der Waals surface area contributed by atoms with Crippen LogP contribution in [-0.4, -0.2) is 39.8 Å². The van der Waals surface area contributed by atoms with Crippen molar-refractivity contribution in [3.8, 4) is 0 Å². The Morgan fingerprint density at radius 1 is 1.40 bits per heavy atom. The first kappa shape index (κ1) is 14.0. The SMILES string of the molecule is CCn1ccc(NC(=O)c2cc(C)nc(N(C)C)n2)n1. The highest BCUT2D eigenvalue weighted by atomic mass is 16.2. The minimum absolute atomic E-state index is 0.292. The zero-order valence-electron chi connectivity index (χ0n) is 12.1. The Kier molecular flexibility index (Phi) is 3.97. The van der Waals surface area contributed by atoms with Gasteiger partial charge in [-0.1, -0.05) is 0 Å². The molecule has 0 saturated carbocycles. The van der Waals surface area contributed by atoms with Gasteiger partial charge in [-0.25, -0.2) is 9.97 Å². The summed E-state index contributed by atoms with van der Waals surface area (Å²) in [4.78, 5) is 22.4. The summed E-state index contributed by atoms with van der Waals surface area (Å²) < 4.78 is 1.74. The molecule has 0 spiro atoms. The van der Waals surface area contributed by atoms with E-state index < -0.39 is 0 Å². The fraction of sp³-hybridized carbons (Fsp3) is 0.385. The zero-order chi connectivity index (χ0) is 14.7. The lowest BCUT2D eigenvalue weighted by molar-refractivity contribution is 0.102. The van der Waals surface area contributed by atoms with Crippen LogP contribution in [0.2, 0.25) is 0 Å². The Balaban J connectivity index is 2.20. The topological polar surface area (TPSA) is 75.9 Å². The molecule has 7 nitrogen and oxygen atoms in total. The van der Waals surface area contributed by atoms with Crippen molar-refractivity contribution >= 4 is 17.7 Å². The molecule has 0 atom stereocenters. The van der Waals surface area contributed by atoms with Gasteiger partial charge in [0.05, 0.1) is 0 Å². The number of hydrogen-bond acceptors (Lipinski definition) is 5. The number of aryl methyl sites for hydroxylation is 2. The van der Waals surface area contributed by atoms with Crippen molar-refractivity contribution < 1.29 is 4.79 Å². The molecule has 0 saturated heterocycles. The summed E-state index contributed by atoms with van der Waals surface area (Å²) in [6.45, 7) is 4.57. The van der Waals surface area contributed by atoms with Crippen LogP contribution < -0.4 is 10.2 Å². The third-order valence-corrected chi connectivity index (χ3v) is 2.68. The Bertz CT molecular complexity index is 619. The highest BCUT2D eigenvalue weighted by Gasteiger charge is 2.12. The van der Waals surface area contributed by atoms with Gasteiger partial charge < -0.3 is 10.2 Å². The number of carbonyl (C=O) groups excluding carboxylic acids is 1. The Hall–Kier alpha value is -2.44. The number of nitrogens with zero attached hydrogens (tertiary/aromatic N) is 5. The summed E-state index contributed by atoms with van der Waals surface area (Å²) in [5, 5.41) is 6.93. The van der Waals surface area contributed by atoms with Gasteiger partial charge in [0.15, 0.2) is 5.82 Å². The van der Waals surface area contributed by atoms with E-state index in [4.69, 9.17) is 0 Å². The molecule has 0 bridgehead atoms. The normalized spacial score (nSPS) is 10.4. The molecule has 20 heavy (non-hydrogen) atoms. The maximum absolute atomic E-state index is 12.2. The van der Waals surface area contributed by atoms with Crippen molar-refractivity contribution in [1.82, 2.24) is 19.7 Å². The lowest BCUT2D eigenvalue weighted by Crippen LogP contribution is -2.19. The van der Waals surface area contributed by atoms with Crippen LogP contribution in [0.15, 0.2) is 18.3 Å². The molecular weight excluding hydrogens is 256 g/mol. The minimum atomic E-state index is -0.292. The second kappa shape index (κ2) is 5.68. The molecule has 1 amide bonds. The van der Waals surface area contributed by atoms with Gasteiger partial charge in [-0.2, -0.15) is 5.10 Å². The second-order valence-corrected chi connectivity index (χ2v) is 4.60. The molecule has 0 aliphatic heterocycles. The molecule has 0 aliphatic carbocycles. The van der Waals surface area contributed by atoms with Gasteiger partial charge in [-0.05, 0) is 19.9 Å². The van der Waals surface area contributed by atoms with E-state index in [1.807, 2.05) is 34.1 Å². The number of carbonyl (C=O) groups is 1. The van der Waals surface area contributed by atoms with Crippen molar-refractivity contribution in [3.63, 3.8) is 0 Å². The third kappa shape index (κ3) is 3.11. The first-order chi connectivity index (χ1) is 9.49. The van der Waals surface area contributed by atoms with E-state index >= 15 is 0 Å². The number of anilines is 2. The monoisotopic (exact) mass is 274 g/mol. The van der Waals surface area contributed by atoms with Gasteiger partial charge in [0.25, 0.3) is 5.91 Å². The van der Waals surface area contributed by atoms with Crippen LogP contribution >= 0.6 is 0 Å². The molecular formula is C13H18N6O. The van der Waals surface area contributed by atoms with Gasteiger partial charge in [0, 0.05) is 38.6 Å². The van der Waals surface area contributed by atoms with Crippen molar-refractivity contribution in [2.24, 2.45) is 0 Å². The standard InChI is InChI=1S/C13H18N6O/c1-5-19-7-6-11(17-19)16-12(20)10-8-9(2)14-13(15-10)18(3)4/h6-8H,5H2,1-4H3,(H,16,17,20). The van der Waals surface area contributed by atoms with E-state index in [-0.39, 0.29) is 5.91 Å². The van der Waals surface area contributed by atoms with Crippen LogP contribution in [0.25, 0.3) is 0 Å². The first-order valence-corrected chi connectivity index (χ1v) is 6.37. The fourth-order valence-corrected chi connectivity index (χ4v) is 1.65. The molecule has 2 aromatic heterocycles. The fourth-order valence-electron chi connectivity index (χ4n) is 1.65. The van der Waals surface area contributed by atoms with E-state index in [0.717, 1.165) is 12.2 Å². The number of rotatable bonds is 4.